The number of nitrogen functional groups attached to an aromatic ring is 1. The van der Waals surface area contributed by atoms with Gasteiger partial charge < -0.3 is 5.32 Å². The lowest BCUT2D eigenvalue weighted by atomic mass is 10.2. The van der Waals surface area contributed by atoms with Crippen LogP contribution >= 0.6 is 11.6 Å². The van der Waals surface area contributed by atoms with Crippen LogP contribution in [-0.4, -0.2) is 20.2 Å². The summed E-state index contributed by atoms with van der Waals surface area (Å²) in [5.41, 5.74) is 4.82. The summed E-state index contributed by atoms with van der Waals surface area (Å²) in [4.78, 5) is 8.46. The van der Waals surface area contributed by atoms with Crippen molar-refractivity contribution in [3.05, 3.63) is 35.0 Å². The maximum Gasteiger partial charge on any atom is 0.241 e. The van der Waals surface area contributed by atoms with E-state index in [9.17, 15) is 0 Å². The van der Waals surface area contributed by atoms with Crippen molar-refractivity contribution in [2.24, 2.45) is 5.84 Å². The van der Waals surface area contributed by atoms with Crippen molar-refractivity contribution >= 4 is 40.1 Å². The van der Waals surface area contributed by atoms with Gasteiger partial charge in [-0.2, -0.15) is 15.1 Å². The van der Waals surface area contributed by atoms with Crippen LogP contribution < -0.4 is 16.6 Å². The lowest BCUT2D eigenvalue weighted by molar-refractivity contribution is 1.08. The largest absolute Gasteiger partial charge is 0.339 e. The fourth-order valence-electron chi connectivity index (χ4n) is 1.87. The first-order valence-corrected chi connectivity index (χ1v) is 6.26. The Morgan fingerprint density at radius 2 is 2.15 bits per heavy atom. The van der Waals surface area contributed by atoms with E-state index in [0.717, 1.165) is 16.6 Å². The van der Waals surface area contributed by atoms with Crippen molar-refractivity contribution in [3.63, 3.8) is 0 Å². The van der Waals surface area contributed by atoms with E-state index in [-0.39, 0.29) is 0 Å². The molecule has 0 bridgehead atoms. The van der Waals surface area contributed by atoms with Crippen LogP contribution in [0.15, 0.2) is 24.4 Å². The number of fused-ring (bicyclic) bond motifs is 1. The fraction of sp³-hybridized carbons (Fsp3) is 0.0833. The third kappa shape index (κ3) is 2.13. The Morgan fingerprint density at radius 3 is 2.95 bits per heavy atom. The molecule has 3 aromatic rings. The van der Waals surface area contributed by atoms with Crippen LogP contribution in [0.1, 0.15) is 5.56 Å². The zero-order valence-corrected chi connectivity index (χ0v) is 11.4. The number of hydrogen-bond acceptors (Lipinski definition) is 6. The molecule has 0 spiro atoms. The molecule has 1 aromatic carbocycles. The monoisotopic (exact) mass is 289 g/mol. The Balaban J connectivity index is 2.10. The van der Waals surface area contributed by atoms with Gasteiger partial charge >= 0.3 is 0 Å². The molecule has 7 nitrogen and oxygen atoms in total. The highest BCUT2D eigenvalue weighted by Gasteiger charge is 2.11. The summed E-state index contributed by atoms with van der Waals surface area (Å²) in [5.74, 6) is 6.26. The zero-order valence-electron chi connectivity index (χ0n) is 10.6. The summed E-state index contributed by atoms with van der Waals surface area (Å²) >= 11 is 6.11. The van der Waals surface area contributed by atoms with E-state index >= 15 is 0 Å². The van der Waals surface area contributed by atoms with Crippen molar-refractivity contribution < 1.29 is 0 Å². The number of benzene rings is 1. The Kier molecular flexibility index (Phi) is 3.13. The molecule has 0 fully saturated rings. The molecule has 0 aliphatic carbocycles. The number of anilines is 3. The van der Waals surface area contributed by atoms with Gasteiger partial charge in [0.25, 0.3) is 0 Å². The third-order valence-electron chi connectivity index (χ3n) is 2.96. The number of rotatable bonds is 3. The second kappa shape index (κ2) is 4.95. The van der Waals surface area contributed by atoms with Gasteiger partial charge in [-0.05, 0) is 24.6 Å². The summed E-state index contributed by atoms with van der Waals surface area (Å²) in [6, 6.07) is 5.63. The van der Waals surface area contributed by atoms with E-state index < -0.39 is 0 Å². The second-order valence-electron chi connectivity index (χ2n) is 4.21. The van der Waals surface area contributed by atoms with Gasteiger partial charge in [-0.15, -0.1) is 0 Å². The average molecular weight is 290 g/mol. The molecular formula is C12H12ClN7. The summed E-state index contributed by atoms with van der Waals surface area (Å²) in [5, 5.41) is 11.4. The van der Waals surface area contributed by atoms with Gasteiger partial charge in [0.2, 0.25) is 5.95 Å². The highest BCUT2D eigenvalue weighted by atomic mass is 35.5. The van der Waals surface area contributed by atoms with Crippen molar-refractivity contribution in [1.82, 2.24) is 20.2 Å². The number of hydrazine groups is 1. The molecule has 8 heteroatoms. The molecule has 0 radical (unpaired) electrons. The second-order valence-corrected chi connectivity index (χ2v) is 4.62. The maximum atomic E-state index is 6.11. The highest BCUT2D eigenvalue weighted by Crippen LogP contribution is 2.28. The van der Waals surface area contributed by atoms with Crippen molar-refractivity contribution in [3.8, 4) is 0 Å². The number of aromatic amines is 1. The minimum absolute atomic E-state index is 0.295. The predicted molar refractivity (Wildman–Crippen MR) is 79.0 cm³/mol. The number of H-pyrrole nitrogens is 1. The molecular weight excluding hydrogens is 278 g/mol. The van der Waals surface area contributed by atoms with Gasteiger partial charge in [0.15, 0.2) is 5.65 Å². The van der Waals surface area contributed by atoms with Crippen LogP contribution in [0.2, 0.25) is 5.02 Å². The number of nitrogens with two attached hydrogens (primary N) is 1. The van der Waals surface area contributed by atoms with Crippen LogP contribution in [-0.2, 0) is 0 Å². The van der Waals surface area contributed by atoms with Gasteiger partial charge in [-0.1, -0.05) is 17.7 Å². The van der Waals surface area contributed by atoms with Gasteiger partial charge in [0.1, 0.15) is 5.82 Å². The van der Waals surface area contributed by atoms with E-state index in [1.807, 2.05) is 25.1 Å². The zero-order chi connectivity index (χ0) is 14.1. The Hall–Kier alpha value is -2.38. The number of halogens is 1. The Bertz CT molecular complexity index is 768. The lowest BCUT2D eigenvalue weighted by Crippen LogP contribution is -2.11. The first-order chi connectivity index (χ1) is 9.69. The Labute approximate surface area is 119 Å². The lowest BCUT2D eigenvalue weighted by Gasteiger charge is -2.11. The van der Waals surface area contributed by atoms with Gasteiger partial charge in [0, 0.05) is 10.7 Å². The van der Waals surface area contributed by atoms with Gasteiger partial charge in [-0.3, -0.25) is 10.5 Å². The number of nitrogens with zero attached hydrogens (tertiary/aromatic N) is 3. The normalized spacial score (nSPS) is 10.8. The molecule has 2 aromatic heterocycles. The summed E-state index contributed by atoms with van der Waals surface area (Å²) in [6.07, 6.45) is 1.65. The fourth-order valence-corrected chi connectivity index (χ4v) is 2.04. The van der Waals surface area contributed by atoms with E-state index in [2.05, 4.69) is 30.9 Å². The van der Waals surface area contributed by atoms with Gasteiger partial charge in [0.05, 0.1) is 11.6 Å². The summed E-state index contributed by atoms with van der Waals surface area (Å²) < 4.78 is 0. The number of aromatic nitrogens is 4. The van der Waals surface area contributed by atoms with E-state index in [1.54, 1.807) is 6.20 Å². The van der Waals surface area contributed by atoms with Crippen molar-refractivity contribution in [2.45, 2.75) is 6.92 Å². The minimum Gasteiger partial charge on any atom is -0.339 e. The summed E-state index contributed by atoms with van der Waals surface area (Å²) in [6.45, 7) is 1.93. The summed E-state index contributed by atoms with van der Waals surface area (Å²) in [7, 11) is 0. The molecule has 102 valence electrons. The van der Waals surface area contributed by atoms with E-state index in [1.165, 1.54) is 0 Å². The SMILES string of the molecule is Cc1c(Cl)cccc1Nc1nc(NN)nc2[nH]ncc12. The molecule has 0 aliphatic rings. The predicted octanol–water partition coefficient (Wildman–Crippen LogP) is 2.34. The quantitative estimate of drug-likeness (QED) is 0.436. The third-order valence-corrected chi connectivity index (χ3v) is 3.37. The molecule has 0 saturated carbocycles. The standard InChI is InChI=1S/C12H12ClN7/c1-6-8(13)3-2-4-9(6)16-10-7-5-15-20-11(7)18-12(17-10)19-14/h2-5H,14H2,1H3,(H3,15,16,17,18,19,20). The topological polar surface area (TPSA) is 105 Å². The van der Waals surface area contributed by atoms with Crippen molar-refractivity contribution in [2.75, 3.05) is 10.7 Å². The van der Waals surface area contributed by atoms with E-state index in [4.69, 9.17) is 17.4 Å². The average Bonchev–Trinajstić information content (AvgIpc) is 2.92. The number of nitrogens with one attached hydrogen (secondary N) is 3. The van der Waals surface area contributed by atoms with Crippen LogP contribution in [0.5, 0.6) is 0 Å². The maximum absolute atomic E-state index is 6.11. The van der Waals surface area contributed by atoms with Crippen LogP contribution in [0.25, 0.3) is 11.0 Å². The molecule has 5 N–H and O–H groups in total. The smallest absolute Gasteiger partial charge is 0.241 e. The first kappa shape index (κ1) is 12.6. The minimum atomic E-state index is 0.295. The van der Waals surface area contributed by atoms with Crippen LogP contribution in [0.3, 0.4) is 0 Å². The molecule has 0 amide bonds. The number of hydrogen-bond donors (Lipinski definition) is 4. The molecule has 3 rings (SSSR count). The molecule has 2 heterocycles. The van der Waals surface area contributed by atoms with Crippen LogP contribution in [0.4, 0.5) is 17.5 Å². The Morgan fingerprint density at radius 1 is 1.30 bits per heavy atom. The molecule has 0 atom stereocenters. The van der Waals surface area contributed by atoms with E-state index in [0.29, 0.717) is 22.4 Å². The highest BCUT2D eigenvalue weighted by molar-refractivity contribution is 6.31. The molecule has 0 aliphatic heterocycles. The molecule has 0 unspecified atom stereocenters. The van der Waals surface area contributed by atoms with Gasteiger partial charge in [-0.25, -0.2) is 5.84 Å². The first-order valence-electron chi connectivity index (χ1n) is 5.89. The molecule has 20 heavy (non-hydrogen) atoms. The molecule has 0 saturated heterocycles. The van der Waals surface area contributed by atoms with Crippen molar-refractivity contribution in [1.29, 1.82) is 0 Å². The van der Waals surface area contributed by atoms with Crippen LogP contribution in [0, 0.1) is 6.92 Å².